The van der Waals surface area contributed by atoms with E-state index in [4.69, 9.17) is 0 Å². The molecule has 112 valence electrons. The molecule has 1 aliphatic rings. The van der Waals surface area contributed by atoms with Gasteiger partial charge in [0.15, 0.2) is 0 Å². The lowest BCUT2D eigenvalue weighted by Gasteiger charge is -2.21. The highest BCUT2D eigenvalue weighted by atomic mass is 14.9. The number of fused-ring (bicyclic) bond motifs is 7. The lowest BCUT2D eigenvalue weighted by Crippen LogP contribution is -2.14. The standard InChI is InChI=1S/C22H19N/c1-22(2)17-10-6-4-9-16(17)20-18(22)13-12-15-14-8-5-7-11-19(14)23(3)21(15)20/h4-13H,1-3H3. The maximum Gasteiger partial charge on any atom is 0.0571 e. The minimum Gasteiger partial charge on any atom is -0.343 e. The third-order valence-corrected chi connectivity index (χ3v) is 5.61. The molecular formula is C22H19N. The molecule has 0 saturated heterocycles. The SMILES string of the molecule is Cn1c2ccccc2c2ccc3c(c21)-c1ccccc1C3(C)C. The molecule has 4 aromatic rings. The lowest BCUT2D eigenvalue weighted by molar-refractivity contribution is 0.660. The van der Waals surface area contributed by atoms with Crippen molar-refractivity contribution >= 4 is 21.8 Å². The topological polar surface area (TPSA) is 4.93 Å². The zero-order valence-corrected chi connectivity index (χ0v) is 13.7. The van der Waals surface area contributed by atoms with Crippen molar-refractivity contribution in [3.63, 3.8) is 0 Å². The van der Waals surface area contributed by atoms with E-state index in [-0.39, 0.29) is 5.41 Å². The van der Waals surface area contributed by atoms with Gasteiger partial charge in [0.1, 0.15) is 0 Å². The highest BCUT2D eigenvalue weighted by Crippen LogP contribution is 2.52. The van der Waals surface area contributed by atoms with Crippen molar-refractivity contribution in [2.24, 2.45) is 7.05 Å². The molecule has 1 heteroatoms. The van der Waals surface area contributed by atoms with E-state index in [9.17, 15) is 0 Å². The molecule has 0 fully saturated rings. The first kappa shape index (κ1) is 13.0. The van der Waals surface area contributed by atoms with Crippen LogP contribution in [0, 0.1) is 0 Å². The fourth-order valence-corrected chi connectivity index (χ4v) is 4.46. The highest BCUT2D eigenvalue weighted by molar-refractivity contribution is 6.14. The van der Waals surface area contributed by atoms with Gasteiger partial charge < -0.3 is 4.57 Å². The first-order valence-corrected chi connectivity index (χ1v) is 8.21. The Morgan fingerprint density at radius 2 is 1.48 bits per heavy atom. The van der Waals surface area contributed by atoms with Crippen LogP contribution in [0.25, 0.3) is 32.9 Å². The number of hydrogen-bond acceptors (Lipinski definition) is 0. The van der Waals surface area contributed by atoms with Gasteiger partial charge in [0.05, 0.1) is 5.52 Å². The third-order valence-electron chi connectivity index (χ3n) is 5.61. The first-order valence-electron chi connectivity index (χ1n) is 8.21. The van der Waals surface area contributed by atoms with Crippen molar-refractivity contribution in [2.75, 3.05) is 0 Å². The van der Waals surface area contributed by atoms with Crippen molar-refractivity contribution in [3.05, 3.63) is 71.8 Å². The van der Waals surface area contributed by atoms with Crippen molar-refractivity contribution in [2.45, 2.75) is 19.3 Å². The van der Waals surface area contributed by atoms with E-state index in [1.807, 2.05) is 0 Å². The lowest BCUT2D eigenvalue weighted by atomic mass is 9.82. The Hall–Kier alpha value is -2.54. The summed E-state index contributed by atoms with van der Waals surface area (Å²) in [5.41, 5.74) is 8.42. The Balaban J connectivity index is 2.06. The molecule has 0 aliphatic heterocycles. The Morgan fingerprint density at radius 1 is 0.739 bits per heavy atom. The summed E-state index contributed by atoms with van der Waals surface area (Å²) < 4.78 is 2.36. The van der Waals surface area contributed by atoms with Crippen LogP contribution in [0.4, 0.5) is 0 Å². The van der Waals surface area contributed by atoms with E-state index in [2.05, 4.69) is 86.1 Å². The molecule has 0 amide bonds. The van der Waals surface area contributed by atoms with E-state index in [1.165, 1.54) is 44.1 Å². The second kappa shape index (κ2) is 4.05. The Morgan fingerprint density at radius 3 is 2.35 bits per heavy atom. The normalized spacial score (nSPS) is 15.1. The number of benzene rings is 3. The molecule has 1 aliphatic carbocycles. The summed E-state index contributed by atoms with van der Waals surface area (Å²) in [4.78, 5) is 0. The van der Waals surface area contributed by atoms with Crippen LogP contribution in [0.2, 0.25) is 0 Å². The number of hydrogen-bond donors (Lipinski definition) is 0. The van der Waals surface area contributed by atoms with Crippen LogP contribution in [0.5, 0.6) is 0 Å². The molecule has 0 N–H and O–H groups in total. The molecule has 0 bridgehead atoms. The summed E-state index contributed by atoms with van der Waals surface area (Å²) in [6, 6.07) is 22.2. The largest absolute Gasteiger partial charge is 0.343 e. The van der Waals surface area contributed by atoms with Crippen LogP contribution >= 0.6 is 0 Å². The van der Waals surface area contributed by atoms with Crippen LogP contribution < -0.4 is 0 Å². The van der Waals surface area contributed by atoms with E-state index < -0.39 is 0 Å². The van der Waals surface area contributed by atoms with E-state index >= 15 is 0 Å². The van der Waals surface area contributed by atoms with Crippen LogP contribution in [-0.4, -0.2) is 4.57 Å². The molecule has 0 radical (unpaired) electrons. The van der Waals surface area contributed by atoms with Crippen LogP contribution in [0.3, 0.4) is 0 Å². The number of rotatable bonds is 0. The van der Waals surface area contributed by atoms with E-state index in [1.54, 1.807) is 0 Å². The fourth-order valence-electron chi connectivity index (χ4n) is 4.46. The first-order chi connectivity index (χ1) is 11.1. The average molecular weight is 297 g/mol. The van der Waals surface area contributed by atoms with Crippen molar-refractivity contribution in [3.8, 4) is 11.1 Å². The minimum atomic E-state index is 0.0660. The highest BCUT2D eigenvalue weighted by Gasteiger charge is 2.36. The second-order valence-corrected chi connectivity index (χ2v) is 7.13. The van der Waals surface area contributed by atoms with Gasteiger partial charge in [0.25, 0.3) is 0 Å². The minimum absolute atomic E-state index is 0.0660. The zero-order valence-electron chi connectivity index (χ0n) is 13.7. The van der Waals surface area contributed by atoms with Gasteiger partial charge in [-0.25, -0.2) is 0 Å². The van der Waals surface area contributed by atoms with Gasteiger partial charge in [-0.2, -0.15) is 0 Å². The van der Waals surface area contributed by atoms with E-state index in [0.717, 1.165) is 0 Å². The van der Waals surface area contributed by atoms with Gasteiger partial charge in [-0.15, -0.1) is 0 Å². The number of aryl methyl sites for hydroxylation is 1. The molecule has 0 saturated carbocycles. The monoisotopic (exact) mass is 297 g/mol. The van der Waals surface area contributed by atoms with Crippen LogP contribution in [0.1, 0.15) is 25.0 Å². The van der Waals surface area contributed by atoms with Gasteiger partial charge in [-0.05, 0) is 22.8 Å². The predicted molar refractivity (Wildman–Crippen MR) is 98.0 cm³/mol. The smallest absolute Gasteiger partial charge is 0.0571 e. The molecule has 23 heavy (non-hydrogen) atoms. The van der Waals surface area contributed by atoms with Crippen LogP contribution in [-0.2, 0) is 12.5 Å². The number of nitrogens with zero attached hydrogens (tertiary/aromatic N) is 1. The van der Waals surface area contributed by atoms with Gasteiger partial charge in [-0.1, -0.05) is 68.4 Å². The average Bonchev–Trinajstić information content (AvgIpc) is 2.99. The Labute approximate surface area is 136 Å². The predicted octanol–water partition coefficient (Wildman–Crippen LogP) is 5.64. The fraction of sp³-hybridized carbons (Fsp3) is 0.182. The third kappa shape index (κ3) is 1.43. The summed E-state index contributed by atoms with van der Waals surface area (Å²) >= 11 is 0. The second-order valence-electron chi connectivity index (χ2n) is 7.13. The summed E-state index contributed by atoms with van der Waals surface area (Å²) in [5.74, 6) is 0. The van der Waals surface area contributed by atoms with Crippen molar-refractivity contribution in [1.82, 2.24) is 4.57 Å². The van der Waals surface area contributed by atoms with Gasteiger partial charge >= 0.3 is 0 Å². The molecule has 0 spiro atoms. The van der Waals surface area contributed by atoms with Crippen molar-refractivity contribution < 1.29 is 0 Å². The summed E-state index contributed by atoms with van der Waals surface area (Å²) in [7, 11) is 2.19. The van der Waals surface area contributed by atoms with Gasteiger partial charge in [0.2, 0.25) is 0 Å². The number of aromatic nitrogens is 1. The van der Waals surface area contributed by atoms with E-state index in [0.29, 0.717) is 0 Å². The van der Waals surface area contributed by atoms with Gasteiger partial charge in [-0.3, -0.25) is 0 Å². The number of para-hydroxylation sites is 1. The quantitative estimate of drug-likeness (QED) is 0.396. The molecule has 1 heterocycles. The molecule has 1 aromatic heterocycles. The molecule has 1 nitrogen and oxygen atoms in total. The molecule has 0 unspecified atom stereocenters. The Kier molecular flexibility index (Phi) is 2.28. The molecular weight excluding hydrogens is 278 g/mol. The zero-order chi connectivity index (χ0) is 15.8. The van der Waals surface area contributed by atoms with Gasteiger partial charge in [0, 0.05) is 34.3 Å². The van der Waals surface area contributed by atoms with Crippen molar-refractivity contribution in [1.29, 1.82) is 0 Å². The summed E-state index contributed by atoms with van der Waals surface area (Å²) in [6.07, 6.45) is 0. The maximum absolute atomic E-state index is 2.36. The van der Waals surface area contributed by atoms with Crippen LogP contribution in [0.15, 0.2) is 60.7 Å². The summed E-state index contributed by atoms with van der Waals surface area (Å²) in [6.45, 7) is 4.68. The Bertz CT molecular complexity index is 1100. The summed E-state index contributed by atoms with van der Waals surface area (Å²) in [5, 5.41) is 2.70. The molecule has 3 aromatic carbocycles. The molecule has 0 atom stereocenters. The maximum atomic E-state index is 2.36. The molecule has 5 rings (SSSR count).